The Labute approximate surface area is 238 Å². The lowest BCUT2D eigenvalue weighted by atomic mass is 10.1. The Morgan fingerprint density at radius 1 is 1.05 bits per heavy atom. The molecule has 41 heavy (non-hydrogen) atoms. The largest absolute Gasteiger partial charge is 0.438 e. The fraction of sp³-hybridized carbons (Fsp3) is 0.323. The summed E-state index contributed by atoms with van der Waals surface area (Å²) in [6, 6.07) is 12.5. The Kier molecular flexibility index (Phi) is 7.56. The van der Waals surface area contributed by atoms with Gasteiger partial charge >= 0.3 is 0 Å². The van der Waals surface area contributed by atoms with Gasteiger partial charge in [0, 0.05) is 63.6 Å². The van der Waals surface area contributed by atoms with Crippen LogP contribution < -0.4 is 19.9 Å². The number of nitrogens with zero attached hydrogens (tertiary/aromatic N) is 5. The zero-order chi connectivity index (χ0) is 28.3. The van der Waals surface area contributed by atoms with E-state index in [0.29, 0.717) is 40.9 Å². The quantitative estimate of drug-likeness (QED) is 0.297. The standard InChI is InChI=1S/C31H34FN7O2/c1-3-28(40)34-22-7-6-8-23(19-22)41-31-29-26(38-11-4-5-12-38)20-33-30(29)35-27(36-31)18-21-9-10-25(24(32)17-21)39-15-13-37(2)14-16-39/h3,6-10,17,19-20H,1,4-5,11-16,18H2,2H3,(H,34,40)(H,33,35,36). The molecule has 2 fully saturated rings. The summed E-state index contributed by atoms with van der Waals surface area (Å²) in [5.41, 5.74) is 3.66. The molecule has 0 saturated carbocycles. The number of likely N-dealkylation sites (N-methyl/N-ethyl adjacent to an activating group) is 1. The fourth-order valence-corrected chi connectivity index (χ4v) is 5.48. The molecule has 0 bridgehead atoms. The SMILES string of the molecule is C=CC(=O)Nc1cccc(Oc2nc(Cc3ccc(N4CCN(C)CC4)c(F)c3)nc3[nH]cc(N4CCCC4)c23)c1. The molecular formula is C31H34FN7O2. The summed E-state index contributed by atoms with van der Waals surface area (Å²) in [4.78, 5) is 31.4. The molecule has 10 heteroatoms. The van der Waals surface area contributed by atoms with Gasteiger partial charge < -0.3 is 29.7 Å². The minimum Gasteiger partial charge on any atom is -0.438 e. The van der Waals surface area contributed by atoms with E-state index < -0.39 is 0 Å². The minimum atomic E-state index is -0.304. The van der Waals surface area contributed by atoms with Crippen molar-refractivity contribution in [2.45, 2.75) is 19.3 Å². The summed E-state index contributed by atoms with van der Waals surface area (Å²) >= 11 is 0. The van der Waals surface area contributed by atoms with Crippen LogP contribution >= 0.6 is 0 Å². The molecular weight excluding hydrogens is 521 g/mol. The number of carbonyl (C=O) groups excluding carboxylic acids is 1. The number of anilines is 3. The number of aromatic amines is 1. The summed E-state index contributed by atoms with van der Waals surface area (Å²) < 4.78 is 21.6. The molecule has 2 aromatic heterocycles. The van der Waals surface area contributed by atoms with Crippen LogP contribution in [0.1, 0.15) is 24.2 Å². The lowest BCUT2D eigenvalue weighted by molar-refractivity contribution is -0.111. The molecule has 0 aliphatic carbocycles. The maximum Gasteiger partial charge on any atom is 0.247 e. The Balaban J connectivity index is 1.31. The number of H-pyrrole nitrogens is 1. The van der Waals surface area contributed by atoms with Crippen LogP contribution in [0.2, 0.25) is 0 Å². The fourth-order valence-electron chi connectivity index (χ4n) is 5.48. The third-order valence-corrected chi connectivity index (χ3v) is 7.69. The van der Waals surface area contributed by atoms with E-state index in [-0.39, 0.29) is 11.7 Å². The normalized spacial score (nSPS) is 15.9. The minimum absolute atomic E-state index is 0.237. The first-order chi connectivity index (χ1) is 20.0. The van der Waals surface area contributed by atoms with Crippen molar-refractivity contribution in [2.75, 3.05) is 61.4 Å². The first kappa shape index (κ1) is 26.8. The zero-order valence-electron chi connectivity index (χ0n) is 23.2. The number of piperazine rings is 1. The van der Waals surface area contributed by atoms with E-state index in [4.69, 9.17) is 14.7 Å². The van der Waals surface area contributed by atoms with Crippen LogP contribution in [0.4, 0.5) is 21.5 Å². The van der Waals surface area contributed by atoms with Gasteiger partial charge in [0.05, 0.1) is 11.4 Å². The second-order valence-corrected chi connectivity index (χ2v) is 10.6. The van der Waals surface area contributed by atoms with Crippen LogP contribution in [0.25, 0.3) is 11.0 Å². The van der Waals surface area contributed by atoms with E-state index in [0.717, 1.165) is 68.7 Å². The van der Waals surface area contributed by atoms with E-state index in [1.807, 2.05) is 24.4 Å². The Morgan fingerprint density at radius 2 is 1.83 bits per heavy atom. The molecule has 2 aromatic carbocycles. The van der Waals surface area contributed by atoms with Crippen LogP contribution in [0.15, 0.2) is 61.3 Å². The number of nitrogens with one attached hydrogen (secondary N) is 2. The smallest absolute Gasteiger partial charge is 0.247 e. The van der Waals surface area contributed by atoms with Gasteiger partial charge in [0.1, 0.15) is 28.4 Å². The monoisotopic (exact) mass is 555 g/mol. The number of benzene rings is 2. The number of ether oxygens (including phenoxy) is 1. The van der Waals surface area contributed by atoms with Gasteiger partial charge in [-0.05, 0) is 55.8 Å². The lowest BCUT2D eigenvalue weighted by Gasteiger charge is -2.34. The van der Waals surface area contributed by atoms with Crippen molar-refractivity contribution in [3.8, 4) is 11.6 Å². The van der Waals surface area contributed by atoms with Crippen molar-refractivity contribution in [1.82, 2.24) is 19.9 Å². The van der Waals surface area contributed by atoms with E-state index in [1.165, 1.54) is 6.08 Å². The number of rotatable bonds is 8. The first-order valence-corrected chi connectivity index (χ1v) is 14.0. The highest BCUT2D eigenvalue weighted by atomic mass is 19.1. The molecule has 1 amide bonds. The second kappa shape index (κ2) is 11.6. The van der Waals surface area contributed by atoms with Gasteiger partial charge in [-0.15, -0.1) is 0 Å². The molecule has 6 rings (SSSR count). The summed E-state index contributed by atoms with van der Waals surface area (Å²) in [5.74, 6) is 0.912. The molecule has 212 valence electrons. The van der Waals surface area contributed by atoms with E-state index in [2.05, 4.69) is 38.6 Å². The van der Waals surface area contributed by atoms with Crippen LogP contribution in [-0.4, -0.2) is 72.1 Å². The number of hydrogen-bond acceptors (Lipinski definition) is 7. The third kappa shape index (κ3) is 5.88. The summed E-state index contributed by atoms with van der Waals surface area (Å²) in [6.45, 7) is 8.85. The Hall–Kier alpha value is -4.44. The van der Waals surface area contributed by atoms with E-state index in [9.17, 15) is 4.79 Å². The number of hydrogen-bond donors (Lipinski definition) is 2. The number of fused-ring (bicyclic) bond motifs is 1. The van der Waals surface area contributed by atoms with Gasteiger partial charge in [-0.2, -0.15) is 4.98 Å². The predicted octanol–water partition coefficient (Wildman–Crippen LogP) is 4.96. The lowest BCUT2D eigenvalue weighted by Crippen LogP contribution is -2.44. The van der Waals surface area contributed by atoms with Crippen molar-refractivity contribution in [3.63, 3.8) is 0 Å². The maximum atomic E-state index is 15.2. The Bertz CT molecular complexity index is 1570. The zero-order valence-corrected chi connectivity index (χ0v) is 23.2. The van der Waals surface area contributed by atoms with Gasteiger partial charge in [0.2, 0.25) is 11.8 Å². The summed E-state index contributed by atoms with van der Waals surface area (Å²) in [6.07, 6.45) is 5.77. The van der Waals surface area contributed by atoms with Crippen molar-refractivity contribution in [1.29, 1.82) is 0 Å². The maximum absolute atomic E-state index is 15.2. The molecule has 2 aliphatic rings. The molecule has 0 spiro atoms. The van der Waals surface area contributed by atoms with E-state index in [1.54, 1.807) is 24.3 Å². The average Bonchev–Trinajstić information content (AvgIpc) is 3.64. The molecule has 2 N–H and O–H groups in total. The van der Waals surface area contributed by atoms with Crippen LogP contribution in [0.3, 0.4) is 0 Å². The van der Waals surface area contributed by atoms with Gasteiger partial charge in [-0.3, -0.25) is 4.79 Å². The molecule has 0 atom stereocenters. The van der Waals surface area contributed by atoms with Crippen molar-refractivity contribution in [3.05, 3.63) is 78.5 Å². The molecule has 4 aromatic rings. The molecule has 9 nitrogen and oxygen atoms in total. The third-order valence-electron chi connectivity index (χ3n) is 7.69. The summed E-state index contributed by atoms with van der Waals surface area (Å²) in [5, 5.41) is 3.56. The first-order valence-electron chi connectivity index (χ1n) is 14.0. The summed E-state index contributed by atoms with van der Waals surface area (Å²) in [7, 11) is 2.08. The topological polar surface area (TPSA) is 89.6 Å². The van der Waals surface area contributed by atoms with Crippen LogP contribution in [0, 0.1) is 5.82 Å². The molecule has 4 heterocycles. The van der Waals surface area contributed by atoms with E-state index >= 15 is 4.39 Å². The number of aromatic nitrogens is 3. The average molecular weight is 556 g/mol. The van der Waals surface area contributed by atoms with Gasteiger partial charge in [-0.25, -0.2) is 9.37 Å². The highest BCUT2D eigenvalue weighted by Gasteiger charge is 2.23. The number of carbonyl (C=O) groups is 1. The molecule has 0 unspecified atom stereocenters. The molecule has 2 saturated heterocycles. The van der Waals surface area contributed by atoms with Gasteiger partial charge in [0.15, 0.2) is 0 Å². The number of halogens is 1. The number of amides is 1. The highest BCUT2D eigenvalue weighted by Crippen LogP contribution is 2.37. The highest BCUT2D eigenvalue weighted by molar-refractivity contribution is 5.99. The van der Waals surface area contributed by atoms with Gasteiger partial charge in [0.25, 0.3) is 0 Å². The van der Waals surface area contributed by atoms with Crippen molar-refractivity contribution in [2.24, 2.45) is 0 Å². The predicted molar refractivity (Wildman–Crippen MR) is 160 cm³/mol. The van der Waals surface area contributed by atoms with Crippen molar-refractivity contribution < 1.29 is 13.9 Å². The molecule has 2 aliphatic heterocycles. The van der Waals surface area contributed by atoms with Crippen LogP contribution in [0.5, 0.6) is 11.6 Å². The van der Waals surface area contributed by atoms with Crippen LogP contribution in [-0.2, 0) is 11.2 Å². The second-order valence-electron chi connectivity index (χ2n) is 10.6. The Morgan fingerprint density at radius 3 is 2.59 bits per heavy atom. The van der Waals surface area contributed by atoms with Gasteiger partial charge in [-0.1, -0.05) is 18.7 Å². The molecule has 0 radical (unpaired) electrons. The van der Waals surface area contributed by atoms with Crippen molar-refractivity contribution >= 4 is 34.0 Å².